The summed E-state index contributed by atoms with van der Waals surface area (Å²) in [5.74, 6) is -1.99. The second-order valence-electron chi connectivity index (χ2n) is 3.03. The zero-order valence-corrected chi connectivity index (χ0v) is 9.38. The first-order valence-electron chi connectivity index (χ1n) is 4.29. The Morgan fingerprint density at radius 2 is 1.88 bits per heavy atom. The first-order chi connectivity index (χ1) is 7.59. The summed E-state index contributed by atoms with van der Waals surface area (Å²) in [4.78, 5) is 10.8. The Kier molecular flexibility index (Phi) is 2.82. The van der Waals surface area contributed by atoms with Crippen molar-refractivity contribution in [3.63, 3.8) is 0 Å². The molecule has 0 spiro atoms. The SMILES string of the molecule is O=c1ccc(-c2ccc(Br)c(F)c2F)n[nH]1. The lowest BCUT2D eigenvalue weighted by atomic mass is 10.1. The molecule has 1 aromatic heterocycles. The molecule has 0 amide bonds. The van der Waals surface area contributed by atoms with E-state index in [1.165, 1.54) is 24.3 Å². The van der Waals surface area contributed by atoms with Crippen molar-refractivity contribution in [1.29, 1.82) is 0 Å². The predicted octanol–water partition coefficient (Wildman–Crippen LogP) is 2.48. The van der Waals surface area contributed by atoms with E-state index in [0.29, 0.717) is 0 Å². The number of aromatic nitrogens is 2. The third-order valence-electron chi connectivity index (χ3n) is 1.99. The molecule has 0 unspecified atom stereocenters. The van der Waals surface area contributed by atoms with Crippen LogP contribution in [0.5, 0.6) is 0 Å². The van der Waals surface area contributed by atoms with E-state index in [4.69, 9.17) is 0 Å². The Balaban J connectivity index is 2.61. The van der Waals surface area contributed by atoms with Crippen LogP contribution in [0, 0.1) is 11.6 Å². The van der Waals surface area contributed by atoms with Gasteiger partial charge in [-0.1, -0.05) is 0 Å². The van der Waals surface area contributed by atoms with Crippen molar-refractivity contribution in [2.75, 3.05) is 0 Å². The highest BCUT2D eigenvalue weighted by Gasteiger charge is 2.14. The van der Waals surface area contributed by atoms with Gasteiger partial charge in [0, 0.05) is 11.6 Å². The number of hydrogen-bond acceptors (Lipinski definition) is 2. The molecule has 1 N–H and O–H groups in total. The number of halogens is 3. The molecule has 0 bridgehead atoms. The van der Waals surface area contributed by atoms with E-state index in [-0.39, 0.29) is 15.7 Å². The van der Waals surface area contributed by atoms with Gasteiger partial charge in [-0.05, 0) is 34.1 Å². The third-order valence-corrected chi connectivity index (χ3v) is 2.60. The summed E-state index contributed by atoms with van der Waals surface area (Å²) in [6.07, 6.45) is 0. The highest BCUT2D eigenvalue weighted by molar-refractivity contribution is 9.10. The minimum absolute atomic E-state index is 0.00282. The molecule has 0 saturated heterocycles. The molecule has 0 aliphatic carbocycles. The van der Waals surface area contributed by atoms with Crippen molar-refractivity contribution >= 4 is 15.9 Å². The molecular weight excluding hydrogens is 282 g/mol. The number of rotatable bonds is 1. The molecular formula is C10H5BrF2N2O. The Bertz CT molecular complexity index is 577. The minimum atomic E-state index is -1.01. The van der Waals surface area contributed by atoms with E-state index in [2.05, 4.69) is 26.1 Å². The van der Waals surface area contributed by atoms with Gasteiger partial charge in [0.15, 0.2) is 11.6 Å². The van der Waals surface area contributed by atoms with Crippen molar-refractivity contribution in [3.05, 3.63) is 50.7 Å². The lowest BCUT2D eigenvalue weighted by molar-refractivity contribution is 0.506. The van der Waals surface area contributed by atoms with E-state index >= 15 is 0 Å². The van der Waals surface area contributed by atoms with Crippen LogP contribution < -0.4 is 5.56 Å². The summed E-state index contributed by atoms with van der Waals surface area (Å²) in [5, 5.41) is 5.77. The fourth-order valence-corrected chi connectivity index (χ4v) is 1.52. The number of aromatic amines is 1. The lowest BCUT2D eigenvalue weighted by Gasteiger charge is -2.03. The number of hydrogen-bond donors (Lipinski definition) is 1. The summed E-state index contributed by atoms with van der Waals surface area (Å²) in [6.45, 7) is 0. The van der Waals surface area contributed by atoms with Gasteiger partial charge >= 0.3 is 0 Å². The van der Waals surface area contributed by atoms with Crippen LogP contribution in [0.4, 0.5) is 8.78 Å². The second kappa shape index (κ2) is 4.13. The second-order valence-corrected chi connectivity index (χ2v) is 3.88. The molecule has 0 aliphatic rings. The average Bonchev–Trinajstić information content (AvgIpc) is 2.28. The molecule has 0 fully saturated rings. The number of H-pyrrole nitrogens is 1. The van der Waals surface area contributed by atoms with E-state index in [1.54, 1.807) is 0 Å². The fourth-order valence-electron chi connectivity index (χ4n) is 1.22. The summed E-state index contributed by atoms with van der Waals surface area (Å²) < 4.78 is 26.8. The molecule has 1 heterocycles. The lowest BCUT2D eigenvalue weighted by Crippen LogP contribution is -2.06. The van der Waals surface area contributed by atoms with Gasteiger partial charge in [0.05, 0.1) is 10.2 Å². The summed E-state index contributed by atoms with van der Waals surface area (Å²) >= 11 is 2.87. The maximum absolute atomic E-state index is 13.5. The van der Waals surface area contributed by atoms with Crippen LogP contribution in [0.2, 0.25) is 0 Å². The van der Waals surface area contributed by atoms with Gasteiger partial charge in [-0.15, -0.1) is 0 Å². The normalized spacial score (nSPS) is 10.4. The smallest absolute Gasteiger partial charge is 0.264 e. The van der Waals surface area contributed by atoms with Gasteiger partial charge in [0.25, 0.3) is 5.56 Å². The van der Waals surface area contributed by atoms with Gasteiger partial charge in [0.1, 0.15) is 0 Å². The molecule has 82 valence electrons. The van der Waals surface area contributed by atoms with Crippen LogP contribution in [-0.2, 0) is 0 Å². The Labute approximate surface area is 97.3 Å². The van der Waals surface area contributed by atoms with Crippen molar-refractivity contribution < 1.29 is 8.78 Å². The van der Waals surface area contributed by atoms with Crippen molar-refractivity contribution in [1.82, 2.24) is 10.2 Å². The summed E-state index contributed by atoms with van der Waals surface area (Å²) in [7, 11) is 0. The summed E-state index contributed by atoms with van der Waals surface area (Å²) in [6, 6.07) is 5.27. The van der Waals surface area contributed by atoms with Gasteiger partial charge in [-0.2, -0.15) is 5.10 Å². The molecule has 0 saturated carbocycles. The van der Waals surface area contributed by atoms with E-state index in [9.17, 15) is 13.6 Å². The highest BCUT2D eigenvalue weighted by atomic mass is 79.9. The van der Waals surface area contributed by atoms with Crippen LogP contribution in [0.3, 0.4) is 0 Å². The standard InChI is InChI=1S/C10H5BrF2N2O/c11-6-2-1-5(9(12)10(6)13)7-3-4-8(16)15-14-7/h1-4H,(H,15,16). The van der Waals surface area contributed by atoms with Crippen LogP contribution >= 0.6 is 15.9 Å². The van der Waals surface area contributed by atoms with Gasteiger partial charge < -0.3 is 0 Å². The van der Waals surface area contributed by atoms with Crippen LogP contribution in [-0.4, -0.2) is 10.2 Å². The number of nitrogens with one attached hydrogen (secondary N) is 1. The summed E-state index contributed by atoms with van der Waals surface area (Å²) in [5.41, 5.74) is -0.234. The van der Waals surface area contributed by atoms with Gasteiger partial charge in [-0.3, -0.25) is 4.79 Å². The van der Waals surface area contributed by atoms with Gasteiger partial charge in [-0.25, -0.2) is 13.9 Å². The quantitative estimate of drug-likeness (QED) is 0.819. The molecule has 6 heteroatoms. The third kappa shape index (κ3) is 1.88. The fraction of sp³-hybridized carbons (Fsp3) is 0. The number of nitrogens with zero attached hydrogens (tertiary/aromatic N) is 1. The first kappa shape index (κ1) is 10.9. The van der Waals surface area contributed by atoms with Crippen LogP contribution in [0.15, 0.2) is 33.5 Å². The van der Waals surface area contributed by atoms with Crippen LogP contribution in [0.1, 0.15) is 0 Å². The largest absolute Gasteiger partial charge is 0.268 e. The molecule has 0 radical (unpaired) electrons. The maximum atomic E-state index is 13.5. The van der Waals surface area contributed by atoms with Crippen LogP contribution in [0.25, 0.3) is 11.3 Å². The molecule has 16 heavy (non-hydrogen) atoms. The van der Waals surface area contributed by atoms with E-state index in [0.717, 1.165) is 0 Å². The molecule has 3 nitrogen and oxygen atoms in total. The van der Waals surface area contributed by atoms with Crippen molar-refractivity contribution in [2.45, 2.75) is 0 Å². The molecule has 0 aliphatic heterocycles. The molecule has 2 aromatic rings. The Morgan fingerprint density at radius 1 is 1.12 bits per heavy atom. The molecule has 2 rings (SSSR count). The Hall–Kier alpha value is -1.56. The van der Waals surface area contributed by atoms with Crippen molar-refractivity contribution in [3.8, 4) is 11.3 Å². The Morgan fingerprint density at radius 3 is 2.50 bits per heavy atom. The zero-order chi connectivity index (χ0) is 11.7. The van der Waals surface area contributed by atoms with E-state index < -0.39 is 17.2 Å². The zero-order valence-electron chi connectivity index (χ0n) is 7.80. The first-order valence-corrected chi connectivity index (χ1v) is 5.08. The average molecular weight is 287 g/mol. The maximum Gasteiger partial charge on any atom is 0.264 e. The van der Waals surface area contributed by atoms with Gasteiger partial charge in [0.2, 0.25) is 0 Å². The predicted molar refractivity (Wildman–Crippen MR) is 57.9 cm³/mol. The molecule has 0 atom stereocenters. The number of benzene rings is 1. The minimum Gasteiger partial charge on any atom is -0.268 e. The topological polar surface area (TPSA) is 45.8 Å². The van der Waals surface area contributed by atoms with Crippen molar-refractivity contribution in [2.24, 2.45) is 0 Å². The highest BCUT2D eigenvalue weighted by Crippen LogP contribution is 2.26. The monoisotopic (exact) mass is 286 g/mol. The van der Waals surface area contributed by atoms with E-state index in [1.807, 2.05) is 0 Å². The molecule has 1 aromatic carbocycles.